The van der Waals surface area contributed by atoms with E-state index in [1.54, 1.807) is 33.7 Å². The molecule has 3 heterocycles. The number of amides is 2. The van der Waals surface area contributed by atoms with E-state index in [0.717, 1.165) is 25.0 Å². The van der Waals surface area contributed by atoms with Crippen molar-refractivity contribution in [3.05, 3.63) is 70.1 Å². The monoisotopic (exact) mass is 404 g/mol. The van der Waals surface area contributed by atoms with Crippen LogP contribution < -0.4 is 10.7 Å². The molecule has 0 atom stereocenters. The second-order valence-corrected chi connectivity index (χ2v) is 7.59. The van der Waals surface area contributed by atoms with Crippen molar-refractivity contribution in [2.45, 2.75) is 32.7 Å². The number of likely N-dealkylation sites (tertiary alicyclic amines) is 1. The van der Waals surface area contributed by atoms with Crippen LogP contribution in [-0.4, -0.2) is 39.4 Å². The van der Waals surface area contributed by atoms with E-state index in [9.17, 15) is 14.4 Å². The molecule has 30 heavy (non-hydrogen) atoms. The van der Waals surface area contributed by atoms with E-state index < -0.39 is 0 Å². The molecule has 1 aliphatic heterocycles. The standard InChI is InChI=1S/C23H24N4O3/c1-16-10-11-18-21(29)19(23(30)26-12-6-3-7-13-26)14-27(22(18)24-16)15-20(28)25-17-8-4-2-5-9-17/h2,4-5,8-11,14H,3,6-7,12-13,15H2,1H3,(H,25,28). The number of benzene rings is 1. The molecule has 0 aliphatic carbocycles. The Morgan fingerprint density at radius 1 is 1.03 bits per heavy atom. The highest BCUT2D eigenvalue weighted by molar-refractivity contribution is 5.97. The van der Waals surface area contributed by atoms with Crippen molar-refractivity contribution in [2.75, 3.05) is 18.4 Å². The van der Waals surface area contributed by atoms with Gasteiger partial charge in [-0.15, -0.1) is 0 Å². The maximum Gasteiger partial charge on any atom is 0.259 e. The van der Waals surface area contributed by atoms with Crippen molar-refractivity contribution in [1.82, 2.24) is 14.5 Å². The van der Waals surface area contributed by atoms with Crippen molar-refractivity contribution >= 4 is 28.5 Å². The van der Waals surface area contributed by atoms with Gasteiger partial charge in [-0.3, -0.25) is 14.4 Å². The largest absolute Gasteiger partial charge is 0.338 e. The van der Waals surface area contributed by atoms with E-state index in [4.69, 9.17) is 0 Å². The van der Waals surface area contributed by atoms with Gasteiger partial charge in [0, 0.05) is 30.7 Å². The number of carbonyl (C=O) groups excluding carboxylic acids is 2. The minimum absolute atomic E-state index is 0.0532. The SMILES string of the molecule is Cc1ccc2c(=O)c(C(=O)N3CCCCC3)cn(CC(=O)Nc3ccccc3)c2n1. The fourth-order valence-electron chi connectivity index (χ4n) is 3.78. The Hall–Kier alpha value is -3.48. The van der Waals surface area contributed by atoms with E-state index >= 15 is 0 Å². The molecule has 3 aromatic rings. The van der Waals surface area contributed by atoms with Crippen molar-refractivity contribution in [1.29, 1.82) is 0 Å². The van der Waals surface area contributed by atoms with Gasteiger partial charge < -0.3 is 14.8 Å². The van der Waals surface area contributed by atoms with E-state index in [2.05, 4.69) is 10.3 Å². The Bertz CT molecular complexity index is 1150. The lowest BCUT2D eigenvalue weighted by Crippen LogP contribution is -2.38. The lowest BCUT2D eigenvalue weighted by Gasteiger charge is -2.26. The van der Waals surface area contributed by atoms with Crippen LogP contribution in [-0.2, 0) is 11.3 Å². The number of hydrogen-bond acceptors (Lipinski definition) is 4. The first-order valence-electron chi connectivity index (χ1n) is 10.2. The van der Waals surface area contributed by atoms with Gasteiger partial charge in [-0.25, -0.2) is 4.98 Å². The number of aryl methyl sites for hydroxylation is 1. The Labute approximate surface area is 174 Å². The van der Waals surface area contributed by atoms with Gasteiger partial charge in [0.1, 0.15) is 17.8 Å². The van der Waals surface area contributed by atoms with Crippen molar-refractivity contribution in [3.63, 3.8) is 0 Å². The Balaban J connectivity index is 1.72. The second-order valence-electron chi connectivity index (χ2n) is 7.59. The number of fused-ring (bicyclic) bond motifs is 1. The molecule has 0 unspecified atom stereocenters. The summed E-state index contributed by atoms with van der Waals surface area (Å²) >= 11 is 0. The highest BCUT2D eigenvalue weighted by Gasteiger charge is 2.23. The molecule has 0 bridgehead atoms. The van der Waals surface area contributed by atoms with E-state index in [-0.39, 0.29) is 29.4 Å². The van der Waals surface area contributed by atoms with Gasteiger partial charge in [0.25, 0.3) is 5.91 Å². The molecule has 1 saturated heterocycles. The zero-order valence-corrected chi connectivity index (χ0v) is 16.9. The molecule has 4 rings (SSSR count). The topological polar surface area (TPSA) is 84.3 Å². The maximum atomic E-state index is 13.1. The van der Waals surface area contributed by atoms with Gasteiger partial charge in [0.05, 0.1) is 5.39 Å². The summed E-state index contributed by atoms with van der Waals surface area (Å²) in [6, 6.07) is 12.6. The molecule has 0 saturated carbocycles. The zero-order valence-electron chi connectivity index (χ0n) is 16.9. The number of aromatic nitrogens is 2. The summed E-state index contributed by atoms with van der Waals surface area (Å²) in [7, 11) is 0. The van der Waals surface area contributed by atoms with Crippen LogP contribution in [0.15, 0.2) is 53.5 Å². The summed E-state index contributed by atoms with van der Waals surface area (Å²) in [6.07, 6.45) is 4.45. The number of piperidine rings is 1. The Morgan fingerprint density at radius 2 is 1.77 bits per heavy atom. The molecule has 0 spiro atoms. The summed E-state index contributed by atoms with van der Waals surface area (Å²) in [5, 5.41) is 3.18. The third-order valence-electron chi connectivity index (χ3n) is 5.31. The summed E-state index contributed by atoms with van der Waals surface area (Å²) < 4.78 is 1.60. The molecule has 1 aliphatic rings. The zero-order chi connectivity index (χ0) is 21.1. The molecule has 7 heteroatoms. The van der Waals surface area contributed by atoms with Crippen LogP contribution in [0.5, 0.6) is 0 Å². The van der Waals surface area contributed by atoms with Crippen LogP contribution >= 0.6 is 0 Å². The molecule has 7 nitrogen and oxygen atoms in total. The molecule has 1 aromatic carbocycles. The minimum Gasteiger partial charge on any atom is -0.338 e. The lowest BCUT2D eigenvalue weighted by atomic mass is 10.1. The predicted molar refractivity (Wildman–Crippen MR) is 116 cm³/mol. The fraction of sp³-hybridized carbons (Fsp3) is 0.304. The van der Waals surface area contributed by atoms with Gasteiger partial charge >= 0.3 is 0 Å². The second kappa shape index (κ2) is 8.49. The van der Waals surface area contributed by atoms with Crippen LogP contribution in [0.3, 0.4) is 0 Å². The Kier molecular flexibility index (Phi) is 5.61. The van der Waals surface area contributed by atoms with Gasteiger partial charge in [0.2, 0.25) is 11.3 Å². The molecule has 2 aromatic heterocycles. The summed E-state index contributed by atoms with van der Waals surface area (Å²) in [5.74, 6) is -0.537. The van der Waals surface area contributed by atoms with E-state index in [0.29, 0.717) is 29.8 Å². The number of nitrogens with zero attached hydrogens (tertiary/aromatic N) is 3. The number of para-hydroxylation sites is 1. The van der Waals surface area contributed by atoms with Crippen LogP contribution in [0.2, 0.25) is 0 Å². The number of carbonyl (C=O) groups is 2. The molecule has 154 valence electrons. The number of pyridine rings is 2. The average molecular weight is 404 g/mol. The van der Waals surface area contributed by atoms with E-state index in [1.165, 1.54) is 6.20 Å². The molecule has 2 amide bonds. The molecule has 1 N–H and O–H groups in total. The van der Waals surface area contributed by atoms with Crippen molar-refractivity contribution in [3.8, 4) is 0 Å². The third kappa shape index (κ3) is 4.10. The number of anilines is 1. The van der Waals surface area contributed by atoms with Gasteiger partial charge in [0.15, 0.2) is 0 Å². The highest BCUT2D eigenvalue weighted by Crippen LogP contribution is 2.16. The first-order chi connectivity index (χ1) is 14.5. The predicted octanol–water partition coefficient (Wildman–Crippen LogP) is 2.97. The van der Waals surface area contributed by atoms with Gasteiger partial charge in [-0.05, 0) is 50.5 Å². The molecular formula is C23H24N4O3. The highest BCUT2D eigenvalue weighted by atomic mass is 16.2. The number of rotatable bonds is 4. The molecule has 1 fully saturated rings. The van der Waals surface area contributed by atoms with Crippen LogP contribution in [0.25, 0.3) is 11.0 Å². The van der Waals surface area contributed by atoms with Crippen LogP contribution in [0.1, 0.15) is 35.3 Å². The summed E-state index contributed by atoms with van der Waals surface area (Å²) in [6.45, 7) is 3.07. The fourth-order valence-corrected chi connectivity index (χ4v) is 3.78. The quantitative estimate of drug-likeness (QED) is 0.725. The first kappa shape index (κ1) is 19.8. The lowest BCUT2D eigenvalue weighted by molar-refractivity contribution is -0.116. The number of nitrogens with one attached hydrogen (secondary N) is 1. The third-order valence-corrected chi connectivity index (χ3v) is 5.31. The molecular weight excluding hydrogens is 380 g/mol. The van der Waals surface area contributed by atoms with Gasteiger partial charge in [-0.1, -0.05) is 18.2 Å². The smallest absolute Gasteiger partial charge is 0.259 e. The molecule has 0 radical (unpaired) electrons. The normalized spacial score (nSPS) is 14.0. The summed E-state index contributed by atoms with van der Waals surface area (Å²) in [4.78, 5) is 44.9. The average Bonchev–Trinajstić information content (AvgIpc) is 2.76. The summed E-state index contributed by atoms with van der Waals surface area (Å²) in [5.41, 5.74) is 1.56. The van der Waals surface area contributed by atoms with Crippen molar-refractivity contribution < 1.29 is 9.59 Å². The number of hydrogen-bond donors (Lipinski definition) is 1. The van der Waals surface area contributed by atoms with Crippen LogP contribution in [0.4, 0.5) is 5.69 Å². The first-order valence-corrected chi connectivity index (χ1v) is 10.2. The van der Waals surface area contributed by atoms with E-state index in [1.807, 2.05) is 25.1 Å². The van der Waals surface area contributed by atoms with Crippen molar-refractivity contribution in [2.24, 2.45) is 0 Å². The van der Waals surface area contributed by atoms with Crippen LogP contribution in [0, 0.1) is 6.92 Å². The Morgan fingerprint density at radius 3 is 2.50 bits per heavy atom. The van der Waals surface area contributed by atoms with Gasteiger partial charge in [-0.2, -0.15) is 0 Å². The minimum atomic E-state index is -0.340. The maximum absolute atomic E-state index is 13.1.